The minimum Gasteiger partial charge on any atom is -0.369 e. The Bertz CT molecular complexity index is 691. The Kier molecular flexibility index (Phi) is 4.71. The van der Waals surface area contributed by atoms with Gasteiger partial charge in [-0.05, 0) is 12.8 Å². The van der Waals surface area contributed by atoms with Crippen LogP contribution in [0.4, 0.5) is 0 Å². The lowest BCUT2D eigenvalue weighted by Crippen LogP contribution is -2.42. The van der Waals surface area contributed by atoms with E-state index in [0.29, 0.717) is 32.4 Å². The highest BCUT2D eigenvalue weighted by atomic mass is 32.1. The lowest BCUT2D eigenvalue weighted by Gasteiger charge is -2.30. The van der Waals surface area contributed by atoms with E-state index in [2.05, 4.69) is 4.98 Å². The van der Waals surface area contributed by atoms with Crippen molar-refractivity contribution >= 4 is 23.2 Å². The molecule has 1 aliphatic heterocycles. The zero-order valence-corrected chi connectivity index (χ0v) is 13.6. The van der Waals surface area contributed by atoms with Crippen molar-refractivity contribution < 1.29 is 9.59 Å². The van der Waals surface area contributed by atoms with Gasteiger partial charge in [0.15, 0.2) is 0 Å². The Morgan fingerprint density at radius 1 is 1.22 bits per heavy atom. The molecule has 0 radical (unpaired) electrons. The van der Waals surface area contributed by atoms with E-state index in [1.54, 1.807) is 16.2 Å². The maximum atomic E-state index is 12.4. The highest BCUT2D eigenvalue weighted by Crippen LogP contribution is 2.24. The van der Waals surface area contributed by atoms with Gasteiger partial charge in [-0.25, -0.2) is 4.98 Å². The van der Waals surface area contributed by atoms with Crippen LogP contribution in [0.15, 0.2) is 35.7 Å². The second kappa shape index (κ2) is 6.91. The third-order valence-corrected chi connectivity index (χ3v) is 5.10. The fraction of sp³-hybridized carbons (Fsp3) is 0.353. The first-order valence-corrected chi connectivity index (χ1v) is 8.58. The van der Waals surface area contributed by atoms with Crippen molar-refractivity contribution in [2.24, 2.45) is 11.7 Å². The molecule has 1 saturated heterocycles. The molecule has 0 spiro atoms. The number of hydrogen-bond donors (Lipinski definition) is 1. The molecule has 6 heteroatoms. The van der Waals surface area contributed by atoms with Gasteiger partial charge in [-0.2, -0.15) is 0 Å². The summed E-state index contributed by atoms with van der Waals surface area (Å²) in [6.07, 6.45) is 1.63. The van der Waals surface area contributed by atoms with Gasteiger partial charge >= 0.3 is 0 Å². The van der Waals surface area contributed by atoms with Crippen molar-refractivity contribution in [3.05, 3.63) is 41.4 Å². The van der Waals surface area contributed by atoms with Gasteiger partial charge in [0, 0.05) is 30.0 Å². The number of likely N-dealkylation sites (tertiary alicyclic amines) is 1. The van der Waals surface area contributed by atoms with Crippen LogP contribution < -0.4 is 5.73 Å². The molecule has 2 aromatic rings. The van der Waals surface area contributed by atoms with Crippen molar-refractivity contribution in [3.8, 4) is 10.6 Å². The lowest BCUT2D eigenvalue weighted by atomic mass is 9.96. The molecule has 1 fully saturated rings. The zero-order chi connectivity index (χ0) is 16.2. The number of benzene rings is 1. The number of rotatable bonds is 4. The SMILES string of the molecule is NC(=O)C1CCN(C(=O)Cc2csc(-c3ccccc3)n2)CC1. The second-order valence-corrected chi connectivity index (χ2v) is 6.60. The Hall–Kier alpha value is -2.21. The maximum Gasteiger partial charge on any atom is 0.228 e. The summed E-state index contributed by atoms with van der Waals surface area (Å²) in [5.41, 5.74) is 7.19. The molecule has 1 aliphatic rings. The number of thiazole rings is 1. The van der Waals surface area contributed by atoms with E-state index in [0.717, 1.165) is 16.3 Å². The molecule has 1 aromatic carbocycles. The fourth-order valence-corrected chi connectivity index (χ4v) is 3.61. The summed E-state index contributed by atoms with van der Waals surface area (Å²) < 4.78 is 0. The Labute approximate surface area is 139 Å². The summed E-state index contributed by atoms with van der Waals surface area (Å²) in [5.74, 6) is -0.287. The van der Waals surface area contributed by atoms with Crippen LogP contribution in [-0.2, 0) is 16.0 Å². The van der Waals surface area contributed by atoms with Gasteiger partial charge < -0.3 is 10.6 Å². The van der Waals surface area contributed by atoms with Crippen LogP contribution in [0.5, 0.6) is 0 Å². The molecule has 0 saturated carbocycles. The first-order valence-electron chi connectivity index (χ1n) is 7.70. The first-order chi connectivity index (χ1) is 11.1. The highest BCUT2D eigenvalue weighted by Gasteiger charge is 2.26. The van der Waals surface area contributed by atoms with Crippen molar-refractivity contribution in [3.63, 3.8) is 0 Å². The molecular formula is C17H19N3O2S. The third-order valence-electron chi connectivity index (χ3n) is 4.15. The van der Waals surface area contributed by atoms with E-state index in [4.69, 9.17) is 5.73 Å². The normalized spacial score (nSPS) is 15.6. The molecule has 3 rings (SSSR count). The van der Waals surface area contributed by atoms with E-state index in [1.807, 2.05) is 35.7 Å². The van der Waals surface area contributed by atoms with Crippen LogP contribution in [0.1, 0.15) is 18.5 Å². The van der Waals surface area contributed by atoms with E-state index in [9.17, 15) is 9.59 Å². The molecule has 2 heterocycles. The molecule has 0 aliphatic carbocycles. The smallest absolute Gasteiger partial charge is 0.228 e. The standard InChI is InChI=1S/C17H19N3O2S/c18-16(22)12-6-8-20(9-7-12)15(21)10-14-11-23-17(19-14)13-4-2-1-3-5-13/h1-5,11-12H,6-10H2,(H2,18,22). The van der Waals surface area contributed by atoms with Crippen LogP contribution in [0, 0.1) is 5.92 Å². The van der Waals surface area contributed by atoms with Crippen molar-refractivity contribution in [2.75, 3.05) is 13.1 Å². The summed E-state index contributed by atoms with van der Waals surface area (Å²) in [5, 5.41) is 2.87. The molecule has 2 amide bonds. The van der Waals surface area contributed by atoms with Gasteiger partial charge in [0.05, 0.1) is 12.1 Å². The summed E-state index contributed by atoms with van der Waals surface area (Å²) in [4.78, 5) is 29.9. The van der Waals surface area contributed by atoms with E-state index in [1.165, 1.54) is 0 Å². The van der Waals surface area contributed by atoms with Crippen molar-refractivity contribution in [1.29, 1.82) is 0 Å². The molecule has 0 unspecified atom stereocenters. The minimum absolute atomic E-state index is 0.0674. The lowest BCUT2D eigenvalue weighted by molar-refractivity contribution is -0.134. The molecule has 5 nitrogen and oxygen atoms in total. The number of nitrogens with two attached hydrogens (primary N) is 1. The third kappa shape index (κ3) is 3.76. The second-order valence-electron chi connectivity index (χ2n) is 5.74. The highest BCUT2D eigenvalue weighted by molar-refractivity contribution is 7.13. The Morgan fingerprint density at radius 3 is 2.57 bits per heavy atom. The fourth-order valence-electron chi connectivity index (χ4n) is 2.78. The molecule has 120 valence electrons. The Balaban J connectivity index is 1.59. The van der Waals surface area contributed by atoms with Crippen LogP contribution in [-0.4, -0.2) is 34.8 Å². The summed E-state index contributed by atoms with van der Waals surface area (Å²) in [7, 11) is 0. The molecule has 1 aromatic heterocycles. The quantitative estimate of drug-likeness (QED) is 0.933. The molecule has 2 N–H and O–H groups in total. The molecule has 23 heavy (non-hydrogen) atoms. The van der Waals surface area contributed by atoms with Gasteiger partial charge in [0.25, 0.3) is 0 Å². The summed E-state index contributed by atoms with van der Waals surface area (Å²) >= 11 is 1.55. The van der Waals surface area contributed by atoms with Gasteiger partial charge in [-0.15, -0.1) is 11.3 Å². The number of amides is 2. The van der Waals surface area contributed by atoms with E-state index >= 15 is 0 Å². The number of carbonyl (C=O) groups is 2. The van der Waals surface area contributed by atoms with E-state index in [-0.39, 0.29) is 17.7 Å². The van der Waals surface area contributed by atoms with Gasteiger partial charge in [0.2, 0.25) is 11.8 Å². The number of hydrogen-bond acceptors (Lipinski definition) is 4. The number of aromatic nitrogens is 1. The van der Waals surface area contributed by atoms with Crippen LogP contribution in [0.25, 0.3) is 10.6 Å². The number of carbonyl (C=O) groups excluding carboxylic acids is 2. The topological polar surface area (TPSA) is 76.3 Å². The summed E-state index contributed by atoms with van der Waals surface area (Å²) in [6.45, 7) is 1.20. The van der Waals surface area contributed by atoms with Crippen molar-refractivity contribution in [1.82, 2.24) is 9.88 Å². The predicted molar refractivity (Wildman–Crippen MR) is 89.8 cm³/mol. The molecular weight excluding hydrogens is 310 g/mol. The van der Waals surface area contributed by atoms with E-state index < -0.39 is 0 Å². The summed E-state index contributed by atoms with van der Waals surface area (Å²) in [6, 6.07) is 9.95. The van der Waals surface area contributed by atoms with Crippen molar-refractivity contribution in [2.45, 2.75) is 19.3 Å². The van der Waals surface area contributed by atoms with Gasteiger partial charge in [-0.1, -0.05) is 30.3 Å². The average molecular weight is 329 g/mol. The van der Waals surface area contributed by atoms with Crippen LogP contribution in [0.3, 0.4) is 0 Å². The number of primary amides is 1. The van der Waals surface area contributed by atoms with Crippen LogP contribution in [0.2, 0.25) is 0 Å². The minimum atomic E-state index is -0.260. The predicted octanol–water partition coefficient (Wildman–Crippen LogP) is 2.08. The number of nitrogens with zero attached hydrogens (tertiary/aromatic N) is 2. The van der Waals surface area contributed by atoms with Gasteiger partial charge in [-0.3, -0.25) is 9.59 Å². The monoisotopic (exact) mass is 329 g/mol. The molecule has 0 atom stereocenters. The first kappa shape index (κ1) is 15.7. The maximum absolute atomic E-state index is 12.4. The average Bonchev–Trinajstić information content (AvgIpc) is 3.04. The largest absolute Gasteiger partial charge is 0.369 e. The Morgan fingerprint density at radius 2 is 1.91 bits per heavy atom. The zero-order valence-electron chi connectivity index (χ0n) is 12.8. The van der Waals surface area contributed by atoms with Gasteiger partial charge in [0.1, 0.15) is 5.01 Å². The molecule has 0 bridgehead atoms. The number of piperidine rings is 1. The van der Waals surface area contributed by atoms with Crippen LogP contribution >= 0.6 is 11.3 Å².